The van der Waals surface area contributed by atoms with Gasteiger partial charge in [-0.2, -0.15) is 0 Å². The maximum absolute atomic E-state index is 10.5. The summed E-state index contributed by atoms with van der Waals surface area (Å²) in [7, 11) is -1.20. The summed E-state index contributed by atoms with van der Waals surface area (Å²) in [6.07, 6.45) is 5.07. The first kappa shape index (κ1) is 18.6. The molecule has 1 aliphatic heterocycles. The van der Waals surface area contributed by atoms with E-state index in [0.717, 1.165) is 18.4 Å². The number of nitrogens with zero attached hydrogens (tertiary/aromatic N) is 1. The predicted octanol–water partition coefficient (Wildman–Crippen LogP) is 3.32. The molecular weight excluding hydrogens is 306 g/mol. The lowest BCUT2D eigenvalue weighted by Gasteiger charge is -2.33. The van der Waals surface area contributed by atoms with Crippen LogP contribution in [0.5, 0.6) is 0 Å². The van der Waals surface area contributed by atoms with E-state index in [1.54, 1.807) is 6.20 Å². The monoisotopic (exact) mass is 337 g/mol. The van der Waals surface area contributed by atoms with Crippen LogP contribution in [0, 0.1) is 11.3 Å². The third-order valence-corrected chi connectivity index (χ3v) is 5.20. The Hall–Kier alpha value is -0.753. The van der Waals surface area contributed by atoms with Crippen molar-refractivity contribution < 1.29 is 14.3 Å². The highest BCUT2D eigenvalue weighted by Gasteiger charge is 2.43. The van der Waals surface area contributed by atoms with Gasteiger partial charge < -0.3 is 14.3 Å². The van der Waals surface area contributed by atoms with Crippen molar-refractivity contribution >= 4 is 9.04 Å². The number of hydrogen-bond donors (Lipinski definition) is 1. The average Bonchev–Trinajstić information content (AvgIpc) is 2.85. The van der Waals surface area contributed by atoms with Crippen LogP contribution in [0.2, 0.25) is 13.1 Å². The van der Waals surface area contributed by atoms with Crippen LogP contribution < -0.4 is 0 Å². The summed E-state index contributed by atoms with van der Waals surface area (Å²) in [5.41, 5.74) is 1.29. The first-order valence-corrected chi connectivity index (χ1v) is 11.4. The first-order valence-electron chi connectivity index (χ1n) is 8.63. The molecule has 0 bridgehead atoms. The van der Waals surface area contributed by atoms with Crippen LogP contribution >= 0.6 is 0 Å². The molecule has 2 heterocycles. The normalized spacial score (nSPS) is 26.7. The Kier molecular flexibility index (Phi) is 6.37. The first-order chi connectivity index (χ1) is 10.8. The molecule has 1 saturated heterocycles. The molecule has 4 unspecified atom stereocenters. The van der Waals surface area contributed by atoms with Crippen LogP contribution in [0.4, 0.5) is 0 Å². The molecule has 0 aliphatic carbocycles. The number of aliphatic hydroxyl groups excluding tert-OH is 1. The Bertz CT molecular complexity index is 475. The van der Waals surface area contributed by atoms with Crippen molar-refractivity contribution in [3.8, 4) is 0 Å². The molecular formula is C18H31NO3Si. The van der Waals surface area contributed by atoms with E-state index in [1.165, 1.54) is 0 Å². The summed E-state index contributed by atoms with van der Waals surface area (Å²) in [6.45, 7) is 11.5. The van der Waals surface area contributed by atoms with Crippen molar-refractivity contribution in [1.82, 2.24) is 4.98 Å². The van der Waals surface area contributed by atoms with E-state index < -0.39 is 15.1 Å². The molecule has 1 aliphatic rings. The molecule has 0 radical (unpaired) electrons. The Morgan fingerprint density at radius 2 is 2.17 bits per heavy atom. The molecule has 1 aromatic heterocycles. The largest absolute Gasteiger partial charge is 0.417 e. The van der Waals surface area contributed by atoms with Gasteiger partial charge >= 0.3 is 0 Å². The molecule has 1 aromatic rings. The maximum Gasteiger partial charge on any atom is 0.171 e. The molecule has 130 valence electrons. The van der Waals surface area contributed by atoms with Crippen LogP contribution in [-0.2, 0) is 9.16 Å². The summed E-state index contributed by atoms with van der Waals surface area (Å²) in [5, 5.41) is 10.5. The van der Waals surface area contributed by atoms with E-state index in [-0.39, 0.29) is 23.5 Å². The second kappa shape index (κ2) is 7.88. The summed E-state index contributed by atoms with van der Waals surface area (Å²) >= 11 is 0. The van der Waals surface area contributed by atoms with Crippen molar-refractivity contribution in [1.29, 1.82) is 0 Å². The topological polar surface area (TPSA) is 51.6 Å². The predicted molar refractivity (Wildman–Crippen MR) is 94.9 cm³/mol. The molecule has 4 nitrogen and oxygen atoms in total. The SMILES string of the molecule is C[SiH](C)OC(CCC(C)(C)C)C1C(O)COC1c1cccnc1. The number of aliphatic hydroxyl groups is 1. The lowest BCUT2D eigenvalue weighted by atomic mass is 9.82. The number of hydrogen-bond acceptors (Lipinski definition) is 4. The Morgan fingerprint density at radius 3 is 2.74 bits per heavy atom. The quantitative estimate of drug-likeness (QED) is 0.809. The van der Waals surface area contributed by atoms with Gasteiger partial charge in [-0.15, -0.1) is 0 Å². The highest BCUT2D eigenvalue weighted by molar-refractivity contribution is 6.48. The van der Waals surface area contributed by atoms with E-state index in [0.29, 0.717) is 6.61 Å². The van der Waals surface area contributed by atoms with Crippen molar-refractivity contribution in [2.75, 3.05) is 6.61 Å². The van der Waals surface area contributed by atoms with E-state index in [4.69, 9.17) is 9.16 Å². The van der Waals surface area contributed by atoms with Gasteiger partial charge in [0.05, 0.1) is 24.9 Å². The van der Waals surface area contributed by atoms with Crippen LogP contribution in [-0.4, -0.2) is 37.9 Å². The Labute approximate surface area is 142 Å². The Morgan fingerprint density at radius 1 is 1.43 bits per heavy atom. The number of ether oxygens (including phenoxy) is 1. The molecule has 0 amide bonds. The molecule has 1 N–H and O–H groups in total. The summed E-state index contributed by atoms with van der Waals surface area (Å²) < 4.78 is 12.2. The molecule has 5 heteroatoms. The highest BCUT2D eigenvalue weighted by Crippen LogP contribution is 2.40. The van der Waals surface area contributed by atoms with E-state index in [1.807, 2.05) is 18.3 Å². The molecule has 0 saturated carbocycles. The molecule has 1 fully saturated rings. The van der Waals surface area contributed by atoms with Crippen molar-refractivity contribution in [3.63, 3.8) is 0 Å². The highest BCUT2D eigenvalue weighted by atomic mass is 28.3. The van der Waals surface area contributed by atoms with Gasteiger partial charge in [-0.05, 0) is 43.0 Å². The standard InChI is InChI=1S/C18H31NO3Si/c1-18(2,3)9-8-15(22-23(4)5)16-14(20)12-21-17(16)13-7-6-10-19-11-13/h6-7,10-11,14-17,20,23H,8-9,12H2,1-5H3. The van der Waals surface area contributed by atoms with Crippen LogP contribution in [0.1, 0.15) is 45.3 Å². The van der Waals surface area contributed by atoms with Gasteiger partial charge in [0.25, 0.3) is 0 Å². The zero-order valence-electron chi connectivity index (χ0n) is 15.0. The third kappa shape index (κ3) is 5.38. The number of pyridine rings is 1. The van der Waals surface area contributed by atoms with Gasteiger partial charge in [0, 0.05) is 18.3 Å². The fourth-order valence-electron chi connectivity index (χ4n) is 3.21. The van der Waals surface area contributed by atoms with E-state index in [2.05, 4.69) is 38.8 Å². The van der Waals surface area contributed by atoms with Gasteiger partial charge in [0.1, 0.15) is 0 Å². The molecule has 4 atom stereocenters. The van der Waals surface area contributed by atoms with Crippen LogP contribution in [0.25, 0.3) is 0 Å². The Balaban J connectivity index is 2.19. The fourth-order valence-corrected chi connectivity index (χ4v) is 4.22. The van der Waals surface area contributed by atoms with Gasteiger partial charge in [-0.1, -0.05) is 26.8 Å². The molecule has 23 heavy (non-hydrogen) atoms. The lowest BCUT2D eigenvalue weighted by Crippen LogP contribution is -2.37. The second-order valence-electron chi connectivity index (χ2n) is 8.01. The second-order valence-corrected chi connectivity index (χ2v) is 10.4. The fraction of sp³-hybridized carbons (Fsp3) is 0.722. The number of rotatable bonds is 6. The maximum atomic E-state index is 10.5. The van der Waals surface area contributed by atoms with E-state index >= 15 is 0 Å². The minimum absolute atomic E-state index is 0.0172. The van der Waals surface area contributed by atoms with Gasteiger partial charge in [-0.3, -0.25) is 4.98 Å². The average molecular weight is 338 g/mol. The molecule has 0 spiro atoms. The lowest BCUT2D eigenvalue weighted by molar-refractivity contribution is 0.0175. The summed E-state index contributed by atoms with van der Waals surface area (Å²) in [4.78, 5) is 4.20. The van der Waals surface area contributed by atoms with Crippen molar-refractivity contribution in [2.24, 2.45) is 11.3 Å². The summed E-state index contributed by atoms with van der Waals surface area (Å²) in [5.74, 6) is -0.0172. The number of aromatic nitrogens is 1. The minimum Gasteiger partial charge on any atom is -0.417 e. The molecule has 0 aromatic carbocycles. The van der Waals surface area contributed by atoms with Crippen LogP contribution in [0.15, 0.2) is 24.5 Å². The summed E-state index contributed by atoms with van der Waals surface area (Å²) in [6, 6.07) is 3.94. The third-order valence-electron chi connectivity index (χ3n) is 4.31. The zero-order valence-corrected chi connectivity index (χ0v) is 16.2. The van der Waals surface area contributed by atoms with E-state index in [9.17, 15) is 5.11 Å². The minimum atomic E-state index is -1.20. The van der Waals surface area contributed by atoms with Crippen molar-refractivity contribution in [3.05, 3.63) is 30.1 Å². The van der Waals surface area contributed by atoms with Gasteiger partial charge in [0.15, 0.2) is 9.04 Å². The van der Waals surface area contributed by atoms with Gasteiger partial charge in [0.2, 0.25) is 0 Å². The van der Waals surface area contributed by atoms with Crippen molar-refractivity contribution in [2.45, 2.75) is 65.0 Å². The smallest absolute Gasteiger partial charge is 0.171 e. The van der Waals surface area contributed by atoms with Gasteiger partial charge in [-0.25, -0.2) is 0 Å². The molecule has 2 rings (SSSR count). The zero-order chi connectivity index (χ0) is 17.0. The van der Waals surface area contributed by atoms with Crippen LogP contribution in [0.3, 0.4) is 0 Å².